The number of urea groups is 1. The third-order valence-corrected chi connectivity index (χ3v) is 4.77. The highest BCUT2D eigenvalue weighted by Gasteiger charge is 2.14. The maximum Gasteiger partial charge on any atom is 0.316 e. The second kappa shape index (κ2) is 9.80. The fourth-order valence-corrected chi connectivity index (χ4v) is 3.42. The van der Waals surface area contributed by atoms with E-state index in [0.717, 1.165) is 24.2 Å². The number of benzene rings is 2. The van der Waals surface area contributed by atoms with Gasteiger partial charge in [0, 0.05) is 30.4 Å². The summed E-state index contributed by atoms with van der Waals surface area (Å²) in [5, 5.41) is 12.4. The van der Waals surface area contributed by atoms with Crippen LogP contribution in [0.2, 0.25) is 0 Å². The van der Waals surface area contributed by atoms with Crippen LogP contribution in [0.3, 0.4) is 0 Å². The molecular weight excluding hydrogens is 382 g/mol. The molecule has 0 radical (unpaired) electrons. The molecule has 0 fully saturated rings. The third kappa shape index (κ3) is 4.90. The molecule has 0 aliphatic heterocycles. The first-order valence-corrected chi connectivity index (χ1v) is 9.88. The lowest BCUT2D eigenvalue weighted by Crippen LogP contribution is -2.21. The fourth-order valence-electron chi connectivity index (χ4n) is 3.42. The van der Waals surface area contributed by atoms with E-state index < -0.39 is 6.03 Å². The minimum absolute atomic E-state index is 0.0100. The van der Waals surface area contributed by atoms with Crippen LogP contribution < -0.4 is 21.5 Å². The Morgan fingerprint density at radius 3 is 2.70 bits per heavy atom. The fraction of sp³-hybridized carbons (Fsp3) is 0.273. The molecule has 0 atom stereocenters. The number of hydrogen-bond acceptors (Lipinski definition) is 5. The van der Waals surface area contributed by atoms with Crippen molar-refractivity contribution in [1.29, 1.82) is 0 Å². The van der Waals surface area contributed by atoms with Gasteiger partial charge in [-0.1, -0.05) is 37.3 Å². The predicted molar refractivity (Wildman–Crippen MR) is 116 cm³/mol. The van der Waals surface area contributed by atoms with Crippen LogP contribution in [0.15, 0.2) is 48.8 Å². The zero-order chi connectivity index (χ0) is 21.5. The van der Waals surface area contributed by atoms with Crippen molar-refractivity contribution in [3.05, 3.63) is 60.0 Å². The van der Waals surface area contributed by atoms with Gasteiger partial charge in [0.05, 0.1) is 24.3 Å². The van der Waals surface area contributed by atoms with Crippen molar-refractivity contribution in [3.63, 3.8) is 0 Å². The zero-order valence-corrected chi connectivity index (χ0v) is 17.0. The van der Waals surface area contributed by atoms with Crippen LogP contribution in [0.1, 0.15) is 24.6 Å². The van der Waals surface area contributed by atoms with Gasteiger partial charge in [0.2, 0.25) is 0 Å². The van der Waals surface area contributed by atoms with Crippen molar-refractivity contribution < 1.29 is 14.6 Å². The first-order chi connectivity index (χ1) is 14.5. The van der Waals surface area contributed by atoms with E-state index in [1.165, 1.54) is 17.8 Å². The van der Waals surface area contributed by atoms with E-state index in [0.29, 0.717) is 30.0 Å². The number of phenols is 1. The number of phenolic OH excluding ortho intramolecular Hbond substituents is 1. The quantitative estimate of drug-likeness (QED) is 0.319. The number of nitrogens with two attached hydrogens (primary N) is 2. The van der Waals surface area contributed by atoms with Crippen LogP contribution in [0, 0.1) is 0 Å². The summed E-state index contributed by atoms with van der Waals surface area (Å²) in [5.41, 5.74) is 15.1. The minimum atomic E-state index is -0.723. The number of anilines is 1. The Hall–Kier alpha value is -3.52. The largest absolute Gasteiger partial charge is 0.508 e. The second-order valence-electron chi connectivity index (χ2n) is 6.83. The van der Waals surface area contributed by atoms with Gasteiger partial charge in [-0.3, -0.25) is 0 Å². The van der Waals surface area contributed by atoms with Gasteiger partial charge in [-0.25, -0.2) is 9.78 Å². The van der Waals surface area contributed by atoms with E-state index in [9.17, 15) is 9.90 Å². The van der Waals surface area contributed by atoms with Gasteiger partial charge in [0.25, 0.3) is 0 Å². The van der Waals surface area contributed by atoms with E-state index in [1.807, 2.05) is 24.5 Å². The van der Waals surface area contributed by atoms with Crippen molar-refractivity contribution in [2.75, 3.05) is 11.9 Å². The summed E-state index contributed by atoms with van der Waals surface area (Å²) >= 11 is 0. The number of aryl methyl sites for hydroxylation is 1. The average Bonchev–Trinajstić information content (AvgIpc) is 3.15. The first kappa shape index (κ1) is 21.2. The Bertz CT molecular complexity index is 1000. The minimum Gasteiger partial charge on any atom is -0.508 e. The van der Waals surface area contributed by atoms with Crippen LogP contribution >= 0.6 is 0 Å². The SMILES string of the molecule is CCc1c(-c2ccccc2)ncn1CCCOc1cc(O)cc(CN)c1NC(N)=O. The number of aromatic nitrogens is 2. The molecule has 2 aromatic carbocycles. The van der Waals surface area contributed by atoms with Gasteiger partial charge in [0.1, 0.15) is 11.5 Å². The van der Waals surface area contributed by atoms with E-state index in [4.69, 9.17) is 16.2 Å². The number of carbonyl (C=O) groups is 1. The summed E-state index contributed by atoms with van der Waals surface area (Å²) in [4.78, 5) is 15.9. The maximum absolute atomic E-state index is 11.3. The summed E-state index contributed by atoms with van der Waals surface area (Å²) in [6.07, 6.45) is 3.42. The van der Waals surface area contributed by atoms with Crippen LogP contribution in [0.5, 0.6) is 11.5 Å². The first-order valence-electron chi connectivity index (χ1n) is 9.88. The number of aromatic hydroxyl groups is 1. The summed E-state index contributed by atoms with van der Waals surface area (Å²) < 4.78 is 7.96. The summed E-state index contributed by atoms with van der Waals surface area (Å²) in [6, 6.07) is 12.3. The van der Waals surface area contributed by atoms with Crippen molar-refractivity contribution in [1.82, 2.24) is 9.55 Å². The lowest BCUT2D eigenvalue weighted by molar-refractivity contribution is 0.259. The second-order valence-corrected chi connectivity index (χ2v) is 6.83. The van der Waals surface area contributed by atoms with Gasteiger partial charge < -0.3 is 31.2 Å². The smallest absolute Gasteiger partial charge is 0.316 e. The average molecular weight is 409 g/mol. The molecule has 0 saturated heterocycles. The van der Waals surface area contributed by atoms with Crippen molar-refractivity contribution in [3.8, 4) is 22.8 Å². The Labute approximate surface area is 175 Å². The molecule has 0 unspecified atom stereocenters. The zero-order valence-electron chi connectivity index (χ0n) is 17.0. The van der Waals surface area contributed by atoms with Gasteiger partial charge in [-0.15, -0.1) is 0 Å². The maximum atomic E-state index is 11.3. The number of rotatable bonds is 9. The normalized spacial score (nSPS) is 10.7. The standard InChI is InChI=1S/C22H27N5O3/c1-2-18-20(15-7-4-3-5-8-15)25-14-27(18)9-6-10-30-19-12-17(28)11-16(13-23)21(19)26-22(24)29/h3-5,7-8,11-12,14,28H,2,6,9-10,13,23H2,1H3,(H3,24,26,29). The highest BCUT2D eigenvalue weighted by Crippen LogP contribution is 2.33. The Balaban J connectivity index is 1.68. The summed E-state index contributed by atoms with van der Waals surface area (Å²) in [5.74, 6) is 0.344. The van der Waals surface area contributed by atoms with E-state index in [-0.39, 0.29) is 12.3 Å². The molecule has 3 aromatic rings. The Morgan fingerprint density at radius 2 is 2.03 bits per heavy atom. The molecule has 8 heteroatoms. The number of imidazole rings is 1. The number of amides is 2. The van der Waals surface area contributed by atoms with Crippen LogP contribution in [-0.2, 0) is 19.5 Å². The molecule has 0 aliphatic carbocycles. The van der Waals surface area contributed by atoms with Gasteiger partial charge in [-0.2, -0.15) is 0 Å². The lowest BCUT2D eigenvalue weighted by Gasteiger charge is -2.16. The molecule has 0 saturated carbocycles. The molecule has 8 nitrogen and oxygen atoms in total. The number of carbonyl (C=O) groups excluding carboxylic acids is 1. The van der Waals surface area contributed by atoms with E-state index in [1.54, 1.807) is 0 Å². The number of nitrogens with one attached hydrogen (secondary N) is 1. The highest BCUT2D eigenvalue weighted by molar-refractivity contribution is 5.91. The monoisotopic (exact) mass is 409 g/mol. The van der Waals surface area contributed by atoms with Crippen molar-refractivity contribution in [2.45, 2.75) is 32.9 Å². The molecule has 0 spiro atoms. The van der Waals surface area contributed by atoms with Gasteiger partial charge in [0.15, 0.2) is 0 Å². The molecule has 6 N–H and O–H groups in total. The van der Waals surface area contributed by atoms with Crippen LogP contribution in [0.4, 0.5) is 10.5 Å². The number of ether oxygens (including phenoxy) is 1. The molecule has 158 valence electrons. The van der Waals surface area contributed by atoms with Crippen molar-refractivity contribution in [2.24, 2.45) is 11.5 Å². The Morgan fingerprint density at radius 1 is 1.27 bits per heavy atom. The van der Waals surface area contributed by atoms with Crippen LogP contribution in [0.25, 0.3) is 11.3 Å². The highest BCUT2D eigenvalue weighted by atomic mass is 16.5. The van der Waals surface area contributed by atoms with Crippen molar-refractivity contribution >= 4 is 11.7 Å². The van der Waals surface area contributed by atoms with Gasteiger partial charge in [-0.05, 0) is 24.5 Å². The summed E-state index contributed by atoms with van der Waals surface area (Å²) in [7, 11) is 0. The third-order valence-electron chi connectivity index (χ3n) is 4.77. The molecule has 2 amide bonds. The topological polar surface area (TPSA) is 128 Å². The lowest BCUT2D eigenvalue weighted by atomic mass is 10.1. The summed E-state index contributed by atoms with van der Waals surface area (Å²) in [6.45, 7) is 3.34. The molecule has 1 aromatic heterocycles. The molecule has 1 heterocycles. The number of hydrogen-bond donors (Lipinski definition) is 4. The predicted octanol–water partition coefficient (Wildman–Crippen LogP) is 3.24. The van der Waals surface area contributed by atoms with Crippen LogP contribution in [-0.4, -0.2) is 27.3 Å². The molecule has 0 bridgehead atoms. The molecule has 30 heavy (non-hydrogen) atoms. The Kier molecular flexibility index (Phi) is 6.92. The molecular formula is C22H27N5O3. The van der Waals surface area contributed by atoms with E-state index >= 15 is 0 Å². The van der Waals surface area contributed by atoms with E-state index in [2.05, 4.69) is 33.9 Å². The molecule has 3 rings (SSSR count). The van der Waals surface area contributed by atoms with Gasteiger partial charge >= 0.3 is 6.03 Å². The molecule has 0 aliphatic rings. The number of nitrogens with zero attached hydrogens (tertiary/aromatic N) is 2. The number of primary amides is 1.